The fourth-order valence-electron chi connectivity index (χ4n) is 2.43. The van der Waals surface area contributed by atoms with Crippen LogP contribution in [0.3, 0.4) is 0 Å². The number of para-hydroxylation sites is 1. The minimum Gasteiger partial charge on any atom is -0.458 e. The first kappa shape index (κ1) is 14.3. The molecule has 21 heavy (non-hydrogen) atoms. The predicted molar refractivity (Wildman–Crippen MR) is 88.4 cm³/mol. The molecule has 2 aromatic heterocycles. The minimum absolute atomic E-state index is 0.0161. The quantitative estimate of drug-likeness (QED) is 0.751. The van der Waals surface area contributed by atoms with Crippen molar-refractivity contribution < 1.29 is 4.42 Å². The van der Waals surface area contributed by atoms with Crippen LogP contribution in [-0.4, -0.2) is 11.5 Å². The zero-order valence-corrected chi connectivity index (χ0v) is 13.6. The van der Waals surface area contributed by atoms with Crippen LogP contribution < -0.4 is 5.32 Å². The molecule has 3 rings (SSSR count). The van der Waals surface area contributed by atoms with Gasteiger partial charge in [0.25, 0.3) is 0 Å². The summed E-state index contributed by atoms with van der Waals surface area (Å²) < 4.78 is 7.04. The highest BCUT2D eigenvalue weighted by Gasteiger charge is 2.18. The number of nitrogens with zero attached hydrogens (tertiary/aromatic N) is 1. The van der Waals surface area contributed by atoms with Crippen molar-refractivity contribution in [3.63, 3.8) is 0 Å². The van der Waals surface area contributed by atoms with E-state index in [1.165, 1.54) is 0 Å². The van der Waals surface area contributed by atoms with Gasteiger partial charge in [0.1, 0.15) is 11.3 Å². The van der Waals surface area contributed by atoms with Crippen LogP contribution in [0.25, 0.3) is 11.0 Å². The molecular formula is C17H17BrN2O. The van der Waals surface area contributed by atoms with Gasteiger partial charge in [-0.15, -0.1) is 0 Å². The highest BCUT2D eigenvalue weighted by molar-refractivity contribution is 9.10. The van der Waals surface area contributed by atoms with Crippen molar-refractivity contribution in [3.8, 4) is 0 Å². The van der Waals surface area contributed by atoms with Crippen molar-refractivity contribution in [1.29, 1.82) is 0 Å². The number of aromatic nitrogens is 1. The fourth-order valence-corrected chi connectivity index (χ4v) is 2.89. The Morgan fingerprint density at radius 2 is 2.14 bits per heavy atom. The molecule has 0 bridgehead atoms. The first-order valence-corrected chi connectivity index (χ1v) is 7.82. The first-order valence-electron chi connectivity index (χ1n) is 7.03. The summed E-state index contributed by atoms with van der Waals surface area (Å²) in [5.74, 6) is 0.907. The van der Waals surface area contributed by atoms with Crippen LogP contribution in [0.1, 0.15) is 30.0 Å². The van der Waals surface area contributed by atoms with E-state index in [1.807, 2.05) is 31.3 Å². The van der Waals surface area contributed by atoms with Crippen molar-refractivity contribution in [3.05, 3.63) is 64.1 Å². The monoisotopic (exact) mass is 344 g/mol. The van der Waals surface area contributed by atoms with Crippen molar-refractivity contribution in [2.45, 2.75) is 19.9 Å². The van der Waals surface area contributed by atoms with Crippen LogP contribution in [-0.2, 0) is 0 Å². The predicted octanol–water partition coefficient (Wildman–Crippen LogP) is 4.60. The molecule has 0 radical (unpaired) electrons. The molecule has 0 saturated carbocycles. The summed E-state index contributed by atoms with van der Waals surface area (Å²) in [6.07, 6.45) is 1.91. The molecule has 2 heterocycles. The molecule has 0 saturated heterocycles. The van der Waals surface area contributed by atoms with E-state index in [4.69, 9.17) is 4.42 Å². The lowest BCUT2D eigenvalue weighted by Crippen LogP contribution is -2.21. The SMILES string of the molecule is CCNC(c1ccc(C)nc1)c1cc2cccc(Br)c2o1. The number of benzene rings is 1. The topological polar surface area (TPSA) is 38.1 Å². The fraction of sp³-hybridized carbons (Fsp3) is 0.235. The molecule has 0 aliphatic heterocycles. The van der Waals surface area contributed by atoms with Gasteiger partial charge in [0, 0.05) is 17.3 Å². The van der Waals surface area contributed by atoms with Gasteiger partial charge in [-0.1, -0.05) is 25.1 Å². The molecule has 4 heteroatoms. The lowest BCUT2D eigenvalue weighted by molar-refractivity contribution is 0.475. The van der Waals surface area contributed by atoms with Gasteiger partial charge in [-0.3, -0.25) is 4.98 Å². The molecule has 0 amide bonds. The second-order valence-electron chi connectivity index (χ2n) is 5.03. The second-order valence-corrected chi connectivity index (χ2v) is 5.88. The zero-order chi connectivity index (χ0) is 14.8. The third-order valence-electron chi connectivity index (χ3n) is 3.48. The van der Waals surface area contributed by atoms with Gasteiger partial charge < -0.3 is 9.73 Å². The molecule has 0 fully saturated rings. The summed E-state index contributed by atoms with van der Waals surface area (Å²) in [4.78, 5) is 4.39. The van der Waals surface area contributed by atoms with E-state index in [1.54, 1.807) is 0 Å². The van der Waals surface area contributed by atoms with Gasteiger partial charge in [0.2, 0.25) is 0 Å². The summed E-state index contributed by atoms with van der Waals surface area (Å²) in [5.41, 5.74) is 3.01. The number of furan rings is 1. The summed E-state index contributed by atoms with van der Waals surface area (Å²) in [7, 11) is 0. The molecule has 1 unspecified atom stereocenters. The number of pyridine rings is 1. The minimum atomic E-state index is 0.0161. The molecule has 0 aliphatic carbocycles. The van der Waals surface area contributed by atoms with E-state index in [0.29, 0.717) is 0 Å². The number of halogens is 1. The Morgan fingerprint density at radius 3 is 2.81 bits per heavy atom. The molecule has 1 N–H and O–H groups in total. The Balaban J connectivity index is 2.06. The lowest BCUT2D eigenvalue weighted by atomic mass is 10.1. The molecule has 108 valence electrons. The lowest BCUT2D eigenvalue weighted by Gasteiger charge is -2.15. The van der Waals surface area contributed by atoms with Gasteiger partial charge in [0.05, 0.1) is 10.5 Å². The summed E-state index contributed by atoms with van der Waals surface area (Å²) in [6, 6.07) is 12.3. The second kappa shape index (κ2) is 6.00. The third-order valence-corrected chi connectivity index (χ3v) is 4.10. The van der Waals surface area contributed by atoms with Crippen LogP contribution in [0.15, 0.2) is 51.5 Å². The van der Waals surface area contributed by atoms with Gasteiger partial charge in [0.15, 0.2) is 0 Å². The van der Waals surface area contributed by atoms with Crippen molar-refractivity contribution in [2.24, 2.45) is 0 Å². The van der Waals surface area contributed by atoms with Crippen LogP contribution in [0.5, 0.6) is 0 Å². The van der Waals surface area contributed by atoms with E-state index in [2.05, 4.69) is 51.4 Å². The molecule has 1 aromatic carbocycles. The molecular weight excluding hydrogens is 328 g/mol. The first-order chi connectivity index (χ1) is 10.2. The summed E-state index contributed by atoms with van der Waals surface area (Å²) >= 11 is 3.54. The van der Waals surface area contributed by atoms with E-state index < -0.39 is 0 Å². The molecule has 1 atom stereocenters. The Labute approximate surface area is 132 Å². The van der Waals surface area contributed by atoms with E-state index >= 15 is 0 Å². The average Bonchev–Trinajstić information content (AvgIpc) is 2.91. The Bertz CT molecular complexity index is 749. The van der Waals surface area contributed by atoms with Gasteiger partial charge in [-0.25, -0.2) is 0 Å². The Kier molecular flexibility index (Phi) is 4.08. The maximum atomic E-state index is 6.06. The highest BCUT2D eigenvalue weighted by atomic mass is 79.9. The normalized spacial score (nSPS) is 12.7. The number of hydrogen-bond donors (Lipinski definition) is 1. The van der Waals surface area contributed by atoms with E-state index in [9.17, 15) is 0 Å². The summed E-state index contributed by atoms with van der Waals surface area (Å²) in [6.45, 7) is 4.94. The Hall–Kier alpha value is -1.65. The van der Waals surface area contributed by atoms with Gasteiger partial charge in [-0.2, -0.15) is 0 Å². The van der Waals surface area contributed by atoms with Gasteiger partial charge in [-0.05, 0) is 53.2 Å². The van der Waals surface area contributed by atoms with Crippen LogP contribution in [0, 0.1) is 6.92 Å². The number of hydrogen-bond acceptors (Lipinski definition) is 3. The van der Waals surface area contributed by atoms with Crippen molar-refractivity contribution in [2.75, 3.05) is 6.54 Å². The van der Waals surface area contributed by atoms with E-state index in [-0.39, 0.29) is 6.04 Å². The average molecular weight is 345 g/mol. The maximum absolute atomic E-state index is 6.06. The number of rotatable bonds is 4. The highest BCUT2D eigenvalue weighted by Crippen LogP contribution is 2.32. The largest absolute Gasteiger partial charge is 0.458 e. The zero-order valence-electron chi connectivity index (χ0n) is 12.1. The number of aryl methyl sites for hydroxylation is 1. The summed E-state index contributed by atoms with van der Waals surface area (Å²) in [5, 5.41) is 4.57. The molecule has 3 nitrogen and oxygen atoms in total. The maximum Gasteiger partial charge on any atom is 0.148 e. The van der Waals surface area contributed by atoms with Gasteiger partial charge >= 0.3 is 0 Å². The number of fused-ring (bicyclic) bond motifs is 1. The Morgan fingerprint density at radius 1 is 1.29 bits per heavy atom. The van der Waals surface area contributed by atoms with Crippen LogP contribution >= 0.6 is 15.9 Å². The molecule has 0 aliphatic rings. The standard InChI is InChI=1S/C17H17BrN2O/c1-3-19-16(13-8-7-11(2)20-10-13)15-9-12-5-4-6-14(18)17(12)21-15/h4-10,16,19H,3H2,1-2H3. The third kappa shape index (κ3) is 2.87. The molecule has 3 aromatic rings. The van der Waals surface area contributed by atoms with Crippen LogP contribution in [0.4, 0.5) is 0 Å². The smallest absolute Gasteiger partial charge is 0.148 e. The number of nitrogens with one attached hydrogen (secondary N) is 1. The van der Waals surface area contributed by atoms with Crippen molar-refractivity contribution >= 4 is 26.9 Å². The van der Waals surface area contributed by atoms with E-state index in [0.717, 1.165) is 39.0 Å². The van der Waals surface area contributed by atoms with Crippen molar-refractivity contribution in [1.82, 2.24) is 10.3 Å². The molecule has 0 spiro atoms. The van der Waals surface area contributed by atoms with Crippen LogP contribution in [0.2, 0.25) is 0 Å².